The number of hydrogen-bond acceptors (Lipinski definition) is 5. The predicted molar refractivity (Wildman–Crippen MR) is 90.6 cm³/mol. The number of aliphatic hydroxyl groups excluding tert-OH is 1. The fourth-order valence-corrected chi connectivity index (χ4v) is 2.71. The summed E-state index contributed by atoms with van der Waals surface area (Å²) in [6, 6.07) is 9.68. The van der Waals surface area contributed by atoms with E-state index in [-0.39, 0.29) is 24.9 Å². The molecule has 1 amide bonds. The van der Waals surface area contributed by atoms with Crippen LogP contribution < -0.4 is 11.1 Å². The number of nitrogens with zero attached hydrogens (tertiary/aromatic N) is 1. The van der Waals surface area contributed by atoms with Gasteiger partial charge in [-0.3, -0.25) is 4.79 Å². The standard InChI is InChI=1S/C15H19N3O2S.ClH/c16-7-6-14-18-13(10-21-14)15(20)17-9-12(19)8-11-4-2-1-3-5-11;/h1-5,10,12,19H,6-9,16H2,(H,17,20);1H. The van der Waals surface area contributed by atoms with Crippen molar-refractivity contribution in [1.82, 2.24) is 10.3 Å². The highest BCUT2D eigenvalue weighted by molar-refractivity contribution is 7.09. The van der Waals surface area contributed by atoms with Crippen molar-refractivity contribution in [3.8, 4) is 0 Å². The molecule has 0 saturated heterocycles. The number of thiazole rings is 1. The van der Waals surface area contributed by atoms with Gasteiger partial charge < -0.3 is 16.2 Å². The van der Waals surface area contributed by atoms with Crippen LogP contribution >= 0.6 is 23.7 Å². The minimum absolute atomic E-state index is 0. The minimum Gasteiger partial charge on any atom is -0.391 e. The second-order valence-corrected chi connectivity index (χ2v) is 5.66. The number of nitrogens with two attached hydrogens (primary N) is 1. The van der Waals surface area contributed by atoms with Crippen molar-refractivity contribution in [3.63, 3.8) is 0 Å². The fourth-order valence-electron chi connectivity index (χ4n) is 1.91. The van der Waals surface area contributed by atoms with Gasteiger partial charge in [0.05, 0.1) is 11.1 Å². The minimum atomic E-state index is -0.613. The summed E-state index contributed by atoms with van der Waals surface area (Å²) in [5.41, 5.74) is 6.88. The van der Waals surface area contributed by atoms with Crippen molar-refractivity contribution in [2.45, 2.75) is 18.9 Å². The van der Waals surface area contributed by atoms with Gasteiger partial charge in [0.15, 0.2) is 0 Å². The summed E-state index contributed by atoms with van der Waals surface area (Å²) in [6.07, 6.45) is 0.573. The average molecular weight is 342 g/mol. The molecule has 7 heteroatoms. The summed E-state index contributed by atoms with van der Waals surface area (Å²) < 4.78 is 0. The number of rotatable bonds is 7. The third kappa shape index (κ3) is 5.73. The maximum atomic E-state index is 11.9. The van der Waals surface area contributed by atoms with Crippen molar-refractivity contribution in [2.24, 2.45) is 5.73 Å². The first-order chi connectivity index (χ1) is 10.2. The van der Waals surface area contributed by atoms with Crippen LogP contribution in [0.5, 0.6) is 0 Å². The molecular weight excluding hydrogens is 322 g/mol. The molecular formula is C15H20ClN3O2S. The number of hydrogen-bond donors (Lipinski definition) is 3. The third-order valence-corrected chi connectivity index (χ3v) is 3.86. The van der Waals surface area contributed by atoms with Crippen LogP contribution in [0, 0.1) is 0 Å². The van der Waals surface area contributed by atoms with E-state index in [1.807, 2.05) is 30.3 Å². The zero-order valence-corrected chi connectivity index (χ0v) is 13.7. The number of benzene rings is 1. The van der Waals surface area contributed by atoms with Gasteiger partial charge in [0, 0.05) is 24.8 Å². The maximum absolute atomic E-state index is 11.9. The molecule has 0 aliphatic rings. The van der Waals surface area contributed by atoms with Crippen LogP contribution in [-0.4, -0.2) is 35.2 Å². The quantitative estimate of drug-likeness (QED) is 0.710. The summed E-state index contributed by atoms with van der Waals surface area (Å²) in [7, 11) is 0. The molecule has 22 heavy (non-hydrogen) atoms. The van der Waals surface area contributed by atoms with Crippen LogP contribution in [0.1, 0.15) is 21.1 Å². The van der Waals surface area contributed by atoms with E-state index in [1.165, 1.54) is 11.3 Å². The van der Waals surface area contributed by atoms with Gasteiger partial charge in [0.25, 0.3) is 5.91 Å². The Bertz CT molecular complexity index is 577. The first-order valence-electron chi connectivity index (χ1n) is 6.83. The molecule has 0 radical (unpaired) electrons. The lowest BCUT2D eigenvalue weighted by Crippen LogP contribution is -2.33. The molecule has 0 aliphatic carbocycles. The zero-order valence-electron chi connectivity index (χ0n) is 12.1. The summed E-state index contributed by atoms with van der Waals surface area (Å²) >= 11 is 1.42. The molecule has 0 aliphatic heterocycles. The Morgan fingerprint density at radius 3 is 2.77 bits per heavy atom. The number of halogens is 1. The van der Waals surface area contributed by atoms with Gasteiger partial charge >= 0.3 is 0 Å². The molecule has 1 aromatic carbocycles. The lowest BCUT2D eigenvalue weighted by molar-refractivity contribution is 0.0911. The van der Waals surface area contributed by atoms with Crippen LogP contribution in [0.3, 0.4) is 0 Å². The number of carbonyl (C=O) groups excluding carboxylic acids is 1. The van der Waals surface area contributed by atoms with E-state index in [0.29, 0.717) is 25.1 Å². The van der Waals surface area contributed by atoms with Gasteiger partial charge in [-0.2, -0.15) is 0 Å². The van der Waals surface area contributed by atoms with Crippen LogP contribution in [-0.2, 0) is 12.8 Å². The normalized spacial score (nSPS) is 11.5. The first kappa shape index (κ1) is 18.6. The van der Waals surface area contributed by atoms with E-state index in [9.17, 15) is 9.90 Å². The molecule has 0 saturated carbocycles. The highest BCUT2D eigenvalue weighted by atomic mass is 35.5. The number of amides is 1. The Balaban J connectivity index is 0.00000242. The van der Waals surface area contributed by atoms with Gasteiger partial charge in [-0.15, -0.1) is 23.7 Å². The van der Waals surface area contributed by atoms with Gasteiger partial charge in [0.2, 0.25) is 0 Å². The molecule has 0 fully saturated rings. The molecule has 1 aromatic heterocycles. The molecule has 5 nitrogen and oxygen atoms in total. The maximum Gasteiger partial charge on any atom is 0.270 e. The Morgan fingerprint density at radius 1 is 1.36 bits per heavy atom. The molecule has 2 aromatic rings. The van der Waals surface area contributed by atoms with E-state index in [4.69, 9.17) is 5.73 Å². The van der Waals surface area contributed by atoms with Gasteiger partial charge in [-0.1, -0.05) is 30.3 Å². The molecule has 1 heterocycles. The van der Waals surface area contributed by atoms with E-state index in [0.717, 1.165) is 10.6 Å². The van der Waals surface area contributed by atoms with Crippen molar-refractivity contribution in [1.29, 1.82) is 0 Å². The van der Waals surface area contributed by atoms with Gasteiger partial charge in [0.1, 0.15) is 5.69 Å². The van der Waals surface area contributed by atoms with E-state index in [2.05, 4.69) is 10.3 Å². The first-order valence-corrected chi connectivity index (χ1v) is 7.71. The Hall–Kier alpha value is -1.47. The number of nitrogens with one attached hydrogen (secondary N) is 1. The monoisotopic (exact) mass is 341 g/mol. The predicted octanol–water partition coefficient (Wildman–Crippen LogP) is 1.40. The van der Waals surface area contributed by atoms with Crippen molar-refractivity contribution in [3.05, 3.63) is 52.0 Å². The number of aliphatic hydroxyl groups is 1. The Kier molecular flexibility index (Phi) is 8.05. The molecule has 1 unspecified atom stereocenters. The average Bonchev–Trinajstić information content (AvgIpc) is 2.95. The highest BCUT2D eigenvalue weighted by Gasteiger charge is 2.12. The Morgan fingerprint density at radius 2 is 2.09 bits per heavy atom. The van der Waals surface area contributed by atoms with Crippen molar-refractivity contribution < 1.29 is 9.90 Å². The van der Waals surface area contributed by atoms with Gasteiger partial charge in [-0.25, -0.2) is 4.98 Å². The Labute approximate surface area is 140 Å². The van der Waals surface area contributed by atoms with E-state index >= 15 is 0 Å². The molecule has 4 N–H and O–H groups in total. The second kappa shape index (κ2) is 9.53. The lowest BCUT2D eigenvalue weighted by Gasteiger charge is -2.11. The largest absolute Gasteiger partial charge is 0.391 e. The zero-order chi connectivity index (χ0) is 15.1. The molecule has 120 valence electrons. The second-order valence-electron chi connectivity index (χ2n) is 4.72. The molecule has 2 rings (SSSR count). The highest BCUT2D eigenvalue weighted by Crippen LogP contribution is 2.10. The van der Waals surface area contributed by atoms with Crippen LogP contribution in [0.25, 0.3) is 0 Å². The van der Waals surface area contributed by atoms with Crippen LogP contribution in [0.15, 0.2) is 35.7 Å². The molecule has 0 bridgehead atoms. The third-order valence-electron chi connectivity index (χ3n) is 2.95. The molecule has 0 spiro atoms. The van der Waals surface area contributed by atoms with E-state index in [1.54, 1.807) is 5.38 Å². The summed E-state index contributed by atoms with van der Waals surface area (Å²) in [5, 5.41) is 15.2. The van der Waals surface area contributed by atoms with E-state index < -0.39 is 6.10 Å². The number of carbonyl (C=O) groups is 1. The van der Waals surface area contributed by atoms with Crippen LogP contribution in [0.4, 0.5) is 0 Å². The van der Waals surface area contributed by atoms with Crippen molar-refractivity contribution >= 4 is 29.7 Å². The summed E-state index contributed by atoms with van der Waals surface area (Å²) in [5.74, 6) is -0.262. The lowest BCUT2D eigenvalue weighted by atomic mass is 10.1. The molecule has 1 atom stereocenters. The smallest absolute Gasteiger partial charge is 0.270 e. The SMILES string of the molecule is Cl.NCCc1nc(C(=O)NCC(O)Cc2ccccc2)cs1. The summed E-state index contributed by atoms with van der Waals surface area (Å²) in [4.78, 5) is 16.1. The topological polar surface area (TPSA) is 88.2 Å². The summed E-state index contributed by atoms with van der Waals surface area (Å²) in [6.45, 7) is 0.724. The van der Waals surface area contributed by atoms with Gasteiger partial charge in [-0.05, 0) is 12.1 Å². The number of aromatic nitrogens is 1. The van der Waals surface area contributed by atoms with Crippen LogP contribution in [0.2, 0.25) is 0 Å². The van der Waals surface area contributed by atoms with Crippen molar-refractivity contribution in [2.75, 3.05) is 13.1 Å². The fraction of sp³-hybridized carbons (Fsp3) is 0.333.